The standard InChI is InChI=1S/C13H24O4.Na.H/c1-2-3-4-5-6-8-11(13(16)17)9-7-10-12(14)15;;/h11H,2-10H2,1H3,(H,14,15)(H,16,17);;. The van der Waals surface area contributed by atoms with Crippen molar-refractivity contribution in [1.82, 2.24) is 0 Å². The molecule has 0 fully saturated rings. The van der Waals surface area contributed by atoms with E-state index in [1.54, 1.807) is 0 Å². The maximum absolute atomic E-state index is 10.9. The molecule has 5 heteroatoms. The van der Waals surface area contributed by atoms with Gasteiger partial charge in [-0.3, -0.25) is 9.59 Å². The minimum absolute atomic E-state index is 0. The zero-order valence-electron chi connectivity index (χ0n) is 10.7. The van der Waals surface area contributed by atoms with Gasteiger partial charge in [-0.05, 0) is 19.3 Å². The van der Waals surface area contributed by atoms with Crippen molar-refractivity contribution in [1.29, 1.82) is 0 Å². The van der Waals surface area contributed by atoms with Crippen LogP contribution in [0.25, 0.3) is 0 Å². The monoisotopic (exact) mass is 268 g/mol. The van der Waals surface area contributed by atoms with Crippen molar-refractivity contribution in [3.63, 3.8) is 0 Å². The number of hydrogen-bond donors (Lipinski definition) is 2. The number of hydrogen-bond acceptors (Lipinski definition) is 2. The third-order valence-corrected chi connectivity index (χ3v) is 2.95. The molecule has 102 valence electrons. The first kappa shape index (κ1) is 20.3. The molecule has 1 unspecified atom stereocenters. The molecular weight excluding hydrogens is 243 g/mol. The third-order valence-electron chi connectivity index (χ3n) is 2.95. The van der Waals surface area contributed by atoms with Gasteiger partial charge >= 0.3 is 41.5 Å². The Bertz CT molecular complexity index is 231. The Kier molecular flexibility index (Phi) is 15.1. The van der Waals surface area contributed by atoms with Crippen LogP contribution >= 0.6 is 0 Å². The predicted octanol–water partition coefficient (Wildman–Crippen LogP) is 2.65. The molecule has 0 rings (SSSR count). The van der Waals surface area contributed by atoms with Crippen LogP contribution in [0.3, 0.4) is 0 Å². The number of carboxylic acid groups (broad SMARTS) is 2. The molecule has 18 heavy (non-hydrogen) atoms. The van der Waals surface area contributed by atoms with E-state index < -0.39 is 11.9 Å². The van der Waals surface area contributed by atoms with Gasteiger partial charge in [0.25, 0.3) is 0 Å². The van der Waals surface area contributed by atoms with Crippen molar-refractivity contribution in [3.8, 4) is 0 Å². The van der Waals surface area contributed by atoms with E-state index in [1.807, 2.05) is 0 Å². The van der Waals surface area contributed by atoms with E-state index >= 15 is 0 Å². The van der Waals surface area contributed by atoms with E-state index in [4.69, 9.17) is 10.2 Å². The fourth-order valence-electron chi connectivity index (χ4n) is 1.89. The Morgan fingerprint density at radius 1 is 0.944 bits per heavy atom. The van der Waals surface area contributed by atoms with Gasteiger partial charge in [0.05, 0.1) is 5.92 Å². The van der Waals surface area contributed by atoms with Crippen LogP contribution in [0.15, 0.2) is 0 Å². The molecule has 0 saturated carbocycles. The molecule has 4 nitrogen and oxygen atoms in total. The van der Waals surface area contributed by atoms with Gasteiger partial charge in [-0.15, -0.1) is 0 Å². The Morgan fingerprint density at radius 3 is 2.00 bits per heavy atom. The molecule has 0 radical (unpaired) electrons. The summed E-state index contributed by atoms with van der Waals surface area (Å²) in [4.78, 5) is 21.3. The second-order valence-electron chi connectivity index (χ2n) is 4.52. The van der Waals surface area contributed by atoms with Crippen LogP contribution in [0, 0.1) is 5.92 Å². The molecule has 0 aromatic carbocycles. The summed E-state index contributed by atoms with van der Waals surface area (Å²) in [5.41, 5.74) is 0. The normalized spacial score (nSPS) is 11.6. The van der Waals surface area contributed by atoms with Crippen molar-refractivity contribution in [2.75, 3.05) is 0 Å². The Morgan fingerprint density at radius 2 is 1.50 bits per heavy atom. The molecule has 0 bridgehead atoms. The molecule has 0 aromatic heterocycles. The topological polar surface area (TPSA) is 74.6 Å². The summed E-state index contributed by atoms with van der Waals surface area (Å²) in [6.07, 6.45) is 7.26. The average molecular weight is 268 g/mol. The Balaban J connectivity index is 0. The summed E-state index contributed by atoms with van der Waals surface area (Å²) >= 11 is 0. The predicted molar refractivity (Wildman–Crippen MR) is 73.1 cm³/mol. The van der Waals surface area contributed by atoms with Crippen LogP contribution in [-0.2, 0) is 9.59 Å². The minimum atomic E-state index is -0.850. The molecule has 0 spiro atoms. The second kappa shape index (κ2) is 13.4. The van der Waals surface area contributed by atoms with Gasteiger partial charge in [-0.1, -0.05) is 39.0 Å². The summed E-state index contributed by atoms with van der Waals surface area (Å²) in [6.45, 7) is 2.14. The van der Waals surface area contributed by atoms with Gasteiger partial charge in [0, 0.05) is 6.42 Å². The Labute approximate surface area is 131 Å². The molecule has 0 heterocycles. The van der Waals surface area contributed by atoms with Crippen molar-refractivity contribution in [2.24, 2.45) is 5.92 Å². The SMILES string of the molecule is CCCCCCCC(CCCC(=O)O)C(=O)O.[NaH]. The van der Waals surface area contributed by atoms with Crippen LogP contribution in [0.1, 0.15) is 64.7 Å². The van der Waals surface area contributed by atoms with Crippen LogP contribution in [0.4, 0.5) is 0 Å². The zero-order chi connectivity index (χ0) is 13.1. The number of carboxylic acids is 2. The van der Waals surface area contributed by atoms with Gasteiger partial charge in [-0.25, -0.2) is 0 Å². The molecular formula is C13H25NaO4. The van der Waals surface area contributed by atoms with Gasteiger partial charge in [0.1, 0.15) is 0 Å². The Hall–Kier alpha value is -0.0600. The van der Waals surface area contributed by atoms with E-state index in [9.17, 15) is 9.59 Å². The fourth-order valence-corrected chi connectivity index (χ4v) is 1.89. The molecule has 1 atom stereocenters. The fraction of sp³-hybridized carbons (Fsp3) is 0.846. The van der Waals surface area contributed by atoms with Gasteiger partial charge in [0.2, 0.25) is 0 Å². The molecule has 0 aliphatic heterocycles. The summed E-state index contributed by atoms with van der Waals surface area (Å²) in [7, 11) is 0. The summed E-state index contributed by atoms with van der Waals surface area (Å²) in [6, 6.07) is 0. The van der Waals surface area contributed by atoms with Crippen LogP contribution in [-0.4, -0.2) is 51.7 Å². The first-order valence-corrected chi connectivity index (χ1v) is 6.52. The molecule has 0 aliphatic carbocycles. The van der Waals surface area contributed by atoms with Gasteiger partial charge in [0.15, 0.2) is 0 Å². The summed E-state index contributed by atoms with van der Waals surface area (Å²) < 4.78 is 0. The van der Waals surface area contributed by atoms with E-state index in [-0.39, 0.29) is 41.9 Å². The number of rotatable bonds is 11. The first-order chi connectivity index (χ1) is 8.07. The first-order valence-electron chi connectivity index (χ1n) is 6.52. The van der Waals surface area contributed by atoms with Crippen molar-refractivity contribution in [3.05, 3.63) is 0 Å². The van der Waals surface area contributed by atoms with Crippen LogP contribution < -0.4 is 0 Å². The van der Waals surface area contributed by atoms with Crippen LogP contribution in [0.2, 0.25) is 0 Å². The molecule has 2 N–H and O–H groups in total. The van der Waals surface area contributed by atoms with Gasteiger partial charge in [-0.2, -0.15) is 0 Å². The molecule has 0 aliphatic rings. The third kappa shape index (κ3) is 12.4. The summed E-state index contributed by atoms with van der Waals surface area (Å²) in [5.74, 6) is -2.00. The van der Waals surface area contributed by atoms with Gasteiger partial charge < -0.3 is 10.2 Å². The van der Waals surface area contributed by atoms with Crippen molar-refractivity contribution in [2.45, 2.75) is 64.7 Å². The van der Waals surface area contributed by atoms with E-state index in [0.717, 1.165) is 19.3 Å². The molecule has 0 saturated heterocycles. The van der Waals surface area contributed by atoms with Crippen molar-refractivity contribution >= 4 is 41.5 Å². The number of aliphatic carboxylic acids is 2. The van der Waals surface area contributed by atoms with E-state index in [1.165, 1.54) is 12.8 Å². The maximum atomic E-state index is 10.9. The molecule has 0 aromatic rings. The number of carbonyl (C=O) groups is 2. The van der Waals surface area contributed by atoms with E-state index in [0.29, 0.717) is 19.3 Å². The quantitative estimate of drug-likeness (QED) is 0.446. The van der Waals surface area contributed by atoms with Crippen LogP contribution in [0.5, 0.6) is 0 Å². The number of unbranched alkanes of at least 4 members (excludes halogenated alkanes) is 4. The second-order valence-corrected chi connectivity index (χ2v) is 4.52. The molecule has 0 amide bonds. The average Bonchev–Trinajstić information content (AvgIpc) is 2.25. The van der Waals surface area contributed by atoms with Crippen molar-refractivity contribution < 1.29 is 19.8 Å². The zero-order valence-corrected chi connectivity index (χ0v) is 10.7. The summed E-state index contributed by atoms with van der Waals surface area (Å²) in [5, 5.41) is 17.5. The van der Waals surface area contributed by atoms with E-state index in [2.05, 4.69) is 6.92 Å².